The van der Waals surface area contributed by atoms with Crippen LogP contribution in [-0.4, -0.2) is 71.3 Å². The molecular weight excluding hydrogens is 439 g/mol. The summed E-state index contributed by atoms with van der Waals surface area (Å²) >= 11 is 6.14. The summed E-state index contributed by atoms with van der Waals surface area (Å²) in [5.74, 6) is 0.468. The first-order chi connectivity index (χ1) is 16.1. The molecule has 3 heterocycles. The number of piperazine rings is 1. The van der Waals surface area contributed by atoms with Crippen LogP contribution in [0.3, 0.4) is 0 Å². The molecule has 0 radical (unpaired) electrons. The van der Waals surface area contributed by atoms with Crippen LogP contribution in [0.4, 0.5) is 10.2 Å². The van der Waals surface area contributed by atoms with Gasteiger partial charge in [-0.05, 0) is 49.0 Å². The highest BCUT2D eigenvalue weighted by atomic mass is 35.5. The molecule has 2 aromatic carbocycles. The molecule has 2 aromatic heterocycles. The fourth-order valence-corrected chi connectivity index (χ4v) is 4.42. The molecule has 1 aliphatic rings. The maximum absolute atomic E-state index is 14.6. The maximum Gasteiger partial charge on any atom is 0.155 e. The van der Waals surface area contributed by atoms with Gasteiger partial charge in [-0.15, -0.1) is 0 Å². The lowest BCUT2D eigenvalue weighted by molar-refractivity contribution is 0.158. The molecule has 0 bridgehead atoms. The van der Waals surface area contributed by atoms with Crippen LogP contribution in [-0.2, 0) is 0 Å². The first-order valence-electron chi connectivity index (χ1n) is 11.1. The summed E-state index contributed by atoms with van der Waals surface area (Å²) in [6.07, 6.45) is 1.67. The Labute approximate surface area is 197 Å². The van der Waals surface area contributed by atoms with E-state index in [0.717, 1.165) is 67.1 Å². The molecule has 0 amide bonds. The van der Waals surface area contributed by atoms with Crippen LogP contribution in [0.25, 0.3) is 33.3 Å². The summed E-state index contributed by atoms with van der Waals surface area (Å²) < 4.78 is 14.6. The zero-order chi connectivity index (χ0) is 22.8. The van der Waals surface area contributed by atoms with Crippen LogP contribution < -0.4 is 5.32 Å². The highest BCUT2D eigenvalue weighted by molar-refractivity contribution is 6.30. The molecule has 0 unspecified atom stereocenters. The standard InChI is InChI=1S/C25H26ClFN6/c1-32-11-13-33(14-12-32)10-9-29-25-21-15-17(4-7-23(21)30-31-25)19-3-2-8-28-24(19)20-16-18(26)5-6-22(20)27/h2-8,15-16H,9-14H2,1H3,(H2,29,30,31). The van der Waals surface area contributed by atoms with Crippen molar-refractivity contribution in [1.29, 1.82) is 0 Å². The van der Waals surface area contributed by atoms with Crippen molar-refractivity contribution in [2.45, 2.75) is 0 Å². The van der Waals surface area contributed by atoms with Gasteiger partial charge in [-0.3, -0.25) is 15.0 Å². The van der Waals surface area contributed by atoms with E-state index in [1.807, 2.05) is 24.3 Å². The highest BCUT2D eigenvalue weighted by Crippen LogP contribution is 2.35. The number of fused-ring (bicyclic) bond motifs is 1. The zero-order valence-corrected chi connectivity index (χ0v) is 19.2. The topological polar surface area (TPSA) is 60.1 Å². The fraction of sp³-hybridized carbons (Fsp3) is 0.280. The molecule has 1 saturated heterocycles. The molecule has 1 fully saturated rings. The van der Waals surface area contributed by atoms with Crippen molar-refractivity contribution in [3.05, 3.63) is 65.6 Å². The third kappa shape index (κ3) is 4.71. The van der Waals surface area contributed by atoms with Gasteiger partial charge in [-0.2, -0.15) is 5.10 Å². The minimum Gasteiger partial charge on any atom is -0.367 e. The van der Waals surface area contributed by atoms with E-state index in [9.17, 15) is 4.39 Å². The van der Waals surface area contributed by atoms with Crippen LogP contribution in [0, 0.1) is 5.82 Å². The second-order valence-electron chi connectivity index (χ2n) is 8.43. The Morgan fingerprint density at radius 3 is 2.76 bits per heavy atom. The number of aromatic amines is 1. The van der Waals surface area contributed by atoms with Crippen molar-refractivity contribution in [2.75, 3.05) is 51.6 Å². The van der Waals surface area contributed by atoms with Crippen molar-refractivity contribution >= 4 is 28.3 Å². The number of benzene rings is 2. The third-order valence-corrected chi connectivity index (χ3v) is 6.42. The minimum atomic E-state index is -0.352. The van der Waals surface area contributed by atoms with Gasteiger partial charge in [0.15, 0.2) is 5.82 Å². The Hall–Kier alpha value is -3.00. The Bertz CT molecular complexity index is 1260. The number of halogens is 2. The molecule has 0 aliphatic carbocycles. The van der Waals surface area contributed by atoms with Gasteiger partial charge in [0, 0.05) is 67.0 Å². The van der Waals surface area contributed by atoms with E-state index in [0.29, 0.717) is 16.3 Å². The van der Waals surface area contributed by atoms with E-state index in [1.54, 1.807) is 18.3 Å². The summed E-state index contributed by atoms with van der Waals surface area (Å²) in [4.78, 5) is 9.30. The zero-order valence-electron chi connectivity index (χ0n) is 18.5. The normalized spacial score (nSPS) is 15.2. The summed E-state index contributed by atoms with van der Waals surface area (Å²) in [5, 5.41) is 12.5. The Morgan fingerprint density at radius 1 is 1.06 bits per heavy atom. The molecule has 5 rings (SSSR count). The molecule has 170 valence electrons. The molecule has 2 N–H and O–H groups in total. The summed E-state index contributed by atoms with van der Waals surface area (Å²) in [7, 11) is 2.16. The van der Waals surface area contributed by atoms with Gasteiger partial charge in [-0.25, -0.2) is 4.39 Å². The van der Waals surface area contributed by atoms with Crippen LogP contribution in [0.2, 0.25) is 5.02 Å². The molecule has 1 aliphatic heterocycles. The lowest BCUT2D eigenvalue weighted by atomic mass is 9.98. The van der Waals surface area contributed by atoms with Crippen LogP contribution in [0.15, 0.2) is 54.7 Å². The van der Waals surface area contributed by atoms with Crippen molar-refractivity contribution in [2.24, 2.45) is 0 Å². The van der Waals surface area contributed by atoms with Crippen molar-refractivity contribution in [3.63, 3.8) is 0 Å². The van der Waals surface area contributed by atoms with Crippen LogP contribution in [0.5, 0.6) is 0 Å². The highest BCUT2D eigenvalue weighted by Gasteiger charge is 2.16. The van der Waals surface area contributed by atoms with E-state index in [4.69, 9.17) is 11.6 Å². The second kappa shape index (κ2) is 9.47. The summed E-state index contributed by atoms with van der Waals surface area (Å²) in [5.41, 5.74) is 3.67. The monoisotopic (exact) mass is 464 g/mol. The number of hydrogen-bond donors (Lipinski definition) is 2. The van der Waals surface area contributed by atoms with E-state index >= 15 is 0 Å². The average Bonchev–Trinajstić information content (AvgIpc) is 3.24. The molecule has 0 spiro atoms. The lowest BCUT2D eigenvalue weighted by Crippen LogP contribution is -2.45. The molecule has 0 atom stereocenters. The lowest BCUT2D eigenvalue weighted by Gasteiger charge is -2.32. The van der Waals surface area contributed by atoms with E-state index in [-0.39, 0.29) is 5.82 Å². The third-order valence-electron chi connectivity index (χ3n) is 6.18. The number of pyridine rings is 1. The first kappa shape index (κ1) is 21.8. The minimum absolute atomic E-state index is 0.352. The van der Waals surface area contributed by atoms with Crippen LogP contribution >= 0.6 is 11.6 Å². The quantitative estimate of drug-likeness (QED) is 0.431. The summed E-state index contributed by atoms with van der Waals surface area (Å²) in [6.45, 7) is 6.19. The molecule has 0 saturated carbocycles. The SMILES string of the molecule is CN1CCN(CCNc2n[nH]c3ccc(-c4cccnc4-c4cc(Cl)ccc4F)cc23)CC1. The van der Waals surface area contributed by atoms with Gasteiger partial charge in [0.05, 0.1) is 11.2 Å². The maximum atomic E-state index is 14.6. The Balaban J connectivity index is 1.41. The van der Waals surface area contributed by atoms with Gasteiger partial charge in [0.2, 0.25) is 0 Å². The number of rotatable bonds is 6. The van der Waals surface area contributed by atoms with E-state index in [2.05, 4.69) is 43.4 Å². The molecule has 4 aromatic rings. The van der Waals surface area contributed by atoms with Gasteiger partial charge in [0.25, 0.3) is 0 Å². The molecule has 6 nitrogen and oxygen atoms in total. The van der Waals surface area contributed by atoms with Crippen molar-refractivity contribution in [3.8, 4) is 22.4 Å². The number of H-pyrrole nitrogens is 1. The van der Waals surface area contributed by atoms with Gasteiger partial charge < -0.3 is 10.2 Å². The second-order valence-corrected chi connectivity index (χ2v) is 8.86. The average molecular weight is 465 g/mol. The molecule has 33 heavy (non-hydrogen) atoms. The van der Waals surface area contributed by atoms with E-state index in [1.165, 1.54) is 6.07 Å². The Morgan fingerprint density at radius 2 is 1.91 bits per heavy atom. The van der Waals surface area contributed by atoms with Gasteiger partial charge in [-0.1, -0.05) is 23.7 Å². The smallest absolute Gasteiger partial charge is 0.155 e. The van der Waals surface area contributed by atoms with Gasteiger partial charge in [0.1, 0.15) is 5.82 Å². The number of anilines is 1. The number of aromatic nitrogens is 3. The van der Waals surface area contributed by atoms with Crippen molar-refractivity contribution in [1.82, 2.24) is 25.0 Å². The number of hydrogen-bond acceptors (Lipinski definition) is 5. The predicted octanol–water partition coefficient (Wildman–Crippen LogP) is 4.74. The number of likely N-dealkylation sites (N-methyl/N-ethyl adjacent to an activating group) is 1. The fourth-order valence-electron chi connectivity index (χ4n) is 4.25. The Kier molecular flexibility index (Phi) is 6.26. The number of nitrogens with one attached hydrogen (secondary N) is 2. The first-order valence-corrected chi connectivity index (χ1v) is 11.5. The summed E-state index contributed by atoms with van der Waals surface area (Å²) in [6, 6.07) is 14.4. The van der Waals surface area contributed by atoms with E-state index < -0.39 is 0 Å². The predicted molar refractivity (Wildman–Crippen MR) is 132 cm³/mol. The number of nitrogens with zero attached hydrogens (tertiary/aromatic N) is 4. The van der Waals surface area contributed by atoms with Crippen molar-refractivity contribution < 1.29 is 4.39 Å². The molecule has 8 heteroatoms. The van der Waals surface area contributed by atoms with Crippen LogP contribution in [0.1, 0.15) is 0 Å². The molecular formula is C25H26ClFN6. The largest absolute Gasteiger partial charge is 0.367 e. The van der Waals surface area contributed by atoms with Gasteiger partial charge >= 0.3 is 0 Å².